The molecule has 0 saturated heterocycles. The normalized spacial score (nSPS) is 7.14. The van der Waals surface area contributed by atoms with Crippen LogP contribution in [0.3, 0.4) is 0 Å². The molecule has 0 unspecified atom stereocenters. The third-order valence-electron chi connectivity index (χ3n) is 1.07. The molecule has 126 valence electrons. The van der Waals surface area contributed by atoms with E-state index in [2.05, 4.69) is 31.1 Å². The fourth-order valence-electron chi connectivity index (χ4n) is 0.174. The van der Waals surface area contributed by atoms with Crippen molar-refractivity contribution in [3.05, 3.63) is 48.0 Å². The number of methoxy groups -OCH3 is 1. The predicted octanol–water partition coefficient (Wildman–Crippen LogP) is 3.57. The van der Waals surface area contributed by atoms with Crippen LogP contribution in [-0.2, 0) is 19.1 Å². The molecule has 0 atom stereocenters. The van der Waals surface area contributed by atoms with Gasteiger partial charge < -0.3 is 14.9 Å². The SMILES string of the molecule is C=C(C)C(=O)O.C=C(C)C(=O)OC.C=C(Cl)Cl.C=CC(=O)O. The number of ether oxygens (including phenoxy) is 1. The Balaban J connectivity index is -0.000000100. The van der Waals surface area contributed by atoms with Crippen molar-refractivity contribution in [1.29, 1.82) is 0 Å². The molecule has 0 saturated carbocycles. The van der Waals surface area contributed by atoms with E-state index >= 15 is 0 Å². The Morgan fingerprint density at radius 3 is 1.23 bits per heavy atom. The maximum atomic E-state index is 10.2. The molecule has 0 heterocycles. The number of carbonyl (C=O) groups is 3. The predicted molar refractivity (Wildman–Crippen MR) is 88.0 cm³/mol. The number of carboxylic acid groups (broad SMARTS) is 2. The highest BCUT2D eigenvalue weighted by molar-refractivity contribution is 6.55. The van der Waals surface area contributed by atoms with Crippen LogP contribution >= 0.6 is 23.2 Å². The molecule has 6 nitrogen and oxygen atoms in total. The van der Waals surface area contributed by atoms with Gasteiger partial charge in [0.25, 0.3) is 0 Å². The van der Waals surface area contributed by atoms with Crippen LogP contribution in [0.2, 0.25) is 0 Å². The molecule has 22 heavy (non-hydrogen) atoms. The minimum atomic E-state index is -0.981. The fraction of sp³-hybridized carbons (Fsp3) is 0.214. The largest absolute Gasteiger partial charge is 0.478 e. The summed E-state index contributed by atoms with van der Waals surface area (Å²) in [6, 6.07) is 0. The quantitative estimate of drug-likeness (QED) is 0.593. The van der Waals surface area contributed by atoms with Crippen LogP contribution in [0.15, 0.2) is 48.0 Å². The molecular weight excluding hydrogens is 335 g/mol. The summed E-state index contributed by atoms with van der Waals surface area (Å²) in [6.07, 6.45) is 0.833. The molecule has 0 aromatic rings. The van der Waals surface area contributed by atoms with Gasteiger partial charge >= 0.3 is 17.9 Å². The Morgan fingerprint density at radius 2 is 1.23 bits per heavy atom. The van der Waals surface area contributed by atoms with Crippen molar-refractivity contribution in [1.82, 2.24) is 0 Å². The van der Waals surface area contributed by atoms with Gasteiger partial charge in [-0.1, -0.05) is 49.5 Å². The van der Waals surface area contributed by atoms with Crippen LogP contribution in [0.5, 0.6) is 0 Å². The number of halogens is 2. The lowest BCUT2D eigenvalue weighted by Crippen LogP contribution is -1.98. The Labute approximate surface area is 140 Å². The lowest BCUT2D eigenvalue weighted by molar-refractivity contribution is -0.136. The smallest absolute Gasteiger partial charge is 0.332 e. The summed E-state index contributed by atoms with van der Waals surface area (Å²) >= 11 is 9.69. The molecular formula is C14H20Cl2O6. The lowest BCUT2D eigenvalue weighted by Gasteiger charge is -1.91. The van der Waals surface area contributed by atoms with Gasteiger partial charge in [-0.15, -0.1) is 0 Å². The molecule has 0 aromatic heterocycles. The van der Waals surface area contributed by atoms with Crippen LogP contribution in [0.1, 0.15) is 13.8 Å². The number of rotatable bonds is 3. The monoisotopic (exact) mass is 354 g/mol. The summed E-state index contributed by atoms with van der Waals surface area (Å²) in [5.74, 6) is -2.26. The van der Waals surface area contributed by atoms with Gasteiger partial charge in [-0.2, -0.15) is 0 Å². The number of carboxylic acids is 2. The van der Waals surface area contributed by atoms with Gasteiger partial charge in [0, 0.05) is 17.2 Å². The van der Waals surface area contributed by atoms with Crippen molar-refractivity contribution < 1.29 is 29.3 Å². The minimum Gasteiger partial charge on any atom is -0.478 e. The first kappa shape index (κ1) is 28.2. The minimum absolute atomic E-state index is 0.111. The number of esters is 1. The summed E-state index contributed by atoms with van der Waals surface area (Å²) in [6.45, 7) is 15.6. The highest BCUT2D eigenvalue weighted by Crippen LogP contribution is 1.98. The van der Waals surface area contributed by atoms with Crippen LogP contribution in [-0.4, -0.2) is 35.2 Å². The molecule has 0 aliphatic rings. The number of carbonyl (C=O) groups excluding carboxylic acids is 1. The van der Waals surface area contributed by atoms with Gasteiger partial charge in [-0.3, -0.25) is 0 Å². The second kappa shape index (κ2) is 18.9. The van der Waals surface area contributed by atoms with Crippen molar-refractivity contribution >= 4 is 41.1 Å². The van der Waals surface area contributed by atoms with Crippen molar-refractivity contribution in [2.24, 2.45) is 0 Å². The van der Waals surface area contributed by atoms with Gasteiger partial charge in [-0.25, -0.2) is 14.4 Å². The first-order valence-electron chi connectivity index (χ1n) is 5.31. The van der Waals surface area contributed by atoms with E-state index in [9.17, 15) is 14.4 Å². The van der Waals surface area contributed by atoms with Crippen molar-refractivity contribution in [3.63, 3.8) is 0 Å². The molecule has 0 bridgehead atoms. The van der Waals surface area contributed by atoms with Crippen molar-refractivity contribution in [2.75, 3.05) is 7.11 Å². The molecule has 2 N–H and O–H groups in total. The third kappa shape index (κ3) is 52.1. The first-order chi connectivity index (χ1) is 9.83. The topological polar surface area (TPSA) is 101 Å². The summed E-state index contributed by atoms with van der Waals surface area (Å²) in [4.78, 5) is 29.0. The van der Waals surface area contributed by atoms with Gasteiger partial charge in [0.1, 0.15) is 0 Å². The fourth-order valence-corrected chi connectivity index (χ4v) is 0.174. The van der Waals surface area contributed by atoms with E-state index in [1.54, 1.807) is 6.92 Å². The van der Waals surface area contributed by atoms with E-state index in [0.29, 0.717) is 5.57 Å². The van der Waals surface area contributed by atoms with E-state index in [-0.39, 0.29) is 16.0 Å². The Hall–Kier alpha value is -2.05. The number of aliphatic carboxylic acids is 2. The Morgan fingerprint density at radius 1 is 1.00 bits per heavy atom. The van der Waals surface area contributed by atoms with Crippen molar-refractivity contribution in [2.45, 2.75) is 13.8 Å². The summed E-state index contributed by atoms with van der Waals surface area (Å²) in [5.41, 5.74) is 0.609. The lowest BCUT2D eigenvalue weighted by atomic mass is 10.4. The average Bonchev–Trinajstić information content (AvgIpc) is 2.38. The highest BCUT2D eigenvalue weighted by atomic mass is 35.5. The molecule has 8 heteroatoms. The average molecular weight is 355 g/mol. The third-order valence-corrected chi connectivity index (χ3v) is 1.07. The Kier molecular flexibility index (Phi) is 24.3. The van der Waals surface area contributed by atoms with Gasteiger partial charge in [-0.05, 0) is 13.8 Å². The highest BCUT2D eigenvalue weighted by Gasteiger charge is 1.95. The van der Waals surface area contributed by atoms with Crippen LogP contribution < -0.4 is 0 Å². The Bertz CT molecular complexity index is 411. The molecule has 0 aliphatic heterocycles. The second-order valence-corrected chi connectivity index (χ2v) is 4.34. The zero-order valence-corrected chi connectivity index (χ0v) is 14.2. The van der Waals surface area contributed by atoms with Gasteiger partial charge in [0.2, 0.25) is 0 Å². The zero-order chi connectivity index (χ0) is 18.9. The number of hydrogen-bond donors (Lipinski definition) is 2. The summed E-state index contributed by atoms with van der Waals surface area (Å²) in [5, 5.41) is 15.5. The van der Waals surface area contributed by atoms with E-state index in [1.807, 2.05) is 0 Å². The molecule has 0 aromatic carbocycles. The zero-order valence-electron chi connectivity index (χ0n) is 12.7. The van der Waals surface area contributed by atoms with E-state index in [0.717, 1.165) is 6.08 Å². The standard InChI is InChI=1S/C5H8O2.C4H6O2.C3H4O2.C2H2Cl2/c1-4(2)5(6)7-3;1-3(2)4(5)6;1-2-3(4)5;1-2(3)4/h1H2,2-3H3;1H2,2H3,(H,5,6);2H,1H2,(H,4,5);1H2. The number of hydrogen-bond acceptors (Lipinski definition) is 4. The van der Waals surface area contributed by atoms with E-state index in [4.69, 9.17) is 33.4 Å². The summed E-state index contributed by atoms with van der Waals surface area (Å²) < 4.78 is 4.38. The van der Waals surface area contributed by atoms with Crippen LogP contribution in [0.4, 0.5) is 0 Å². The van der Waals surface area contributed by atoms with Gasteiger partial charge in [0.05, 0.1) is 11.6 Å². The molecule has 0 fully saturated rings. The van der Waals surface area contributed by atoms with Crippen LogP contribution in [0, 0.1) is 0 Å². The maximum absolute atomic E-state index is 10.2. The molecule has 0 spiro atoms. The second-order valence-electron chi connectivity index (χ2n) is 3.24. The van der Waals surface area contributed by atoms with Crippen LogP contribution in [0.25, 0.3) is 0 Å². The van der Waals surface area contributed by atoms with E-state index < -0.39 is 11.9 Å². The molecule has 0 aliphatic carbocycles. The summed E-state index contributed by atoms with van der Waals surface area (Å²) in [7, 11) is 1.33. The first-order valence-corrected chi connectivity index (χ1v) is 6.06. The maximum Gasteiger partial charge on any atom is 0.332 e. The van der Waals surface area contributed by atoms with Crippen molar-refractivity contribution in [3.8, 4) is 0 Å². The van der Waals surface area contributed by atoms with Gasteiger partial charge in [0.15, 0.2) is 0 Å². The molecule has 0 amide bonds. The molecule has 0 rings (SSSR count). The van der Waals surface area contributed by atoms with E-state index in [1.165, 1.54) is 14.0 Å². The molecule has 0 radical (unpaired) electrons.